The number of benzene rings is 4. The van der Waals surface area contributed by atoms with E-state index in [0.717, 1.165) is 51.4 Å². The van der Waals surface area contributed by atoms with Gasteiger partial charge in [0, 0.05) is 41.1 Å². The van der Waals surface area contributed by atoms with E-state index in [2.05, 4.69) is 91.5 Å². The first-order chi connectivity index (χ1) is 21.1. The summed E-state index contributed by atoms with van der Waals surface area (Å²) in [6.07, 6.45) is 3.81. The molecule has 3 heterocycles. The number of carbonyl (C=O) groups is 1. The van der Waals surface area contributed by atoms with Gasteiger partial charge in [0.2, 0.25) is 0 Å². The number of fused-ring (bicyclic) bond motifs is 3. The molecule has 224 valence electrons. The van der Waals surface area contributed by atoms with Gasteiger partial charge in [0.15, 0.2) is 11.5 Å². The molecule has 0 fully saturated rings. The van der Waals surface area contributed by atoms with E-state index in [4.69, 9.17) is 16.2 Å². The summed E-state index contributed by atoms with van der Waals surface area (Å²) in [5, 5.41) is 20.4. The summed E-state index contributed by atoms with van der Waals surface area (Å²) >= 11 is 13.8. The molecule has 0 saturated carbocycles. The number of aromatic nitrogens is 2. The van der Waals surface area contributed by atoms with Gasteiger partial charge in [-0.15, -0.1) is 0 Å². The average molecular weight is 925 g/mol. The minimum atomic E-state index is -1.00. The zero-order valence-corrected chi connectivity index (χ0v) is 36.2. The molecular formula is C30H20Br4F2K2N2O5. The van der Waals surface area contributed by atoms with E-state index in [1.807, 2.05) is 30.3 Å². The summed E-state index contributed by atoms with van der Waals surface area (Å²) in [6.45, 7) is -0.181. The van der Waals surface area contributed by atoms with Crippen molar-refractivity contribution >= 4 is 92.0 Å². The smallest absolute Gasteiger partial charge is 1.00 e. The first-order valence-corrected chi connectivity index (χ1v) is 15.1. The Morgan fingerprint density at radius 2 is 1.33 bits per heavy atom. The fraction of sp³-hybridized carbons (Fsp3) is 0.0333. The van der Waals surface area contributed by atoms with Gasteiger partial charge in [0.05, 0.1) is 30.9 Å². The zero-order valence-electron chi connectivity index (χ0n) is 25.6. The molecule has 1 N–H and O–H groups in total. The van der Waals surface area contributed by atoms with Crippen LogP contribution in [-0.4, -0.2) is 27.9 Å². The largest absolute Gasteiger partial charge is 1.00 e. The molecule has 0 bridgehead atoms. The maximum Gasteiger partial charge on any atom is 1.00 e. The number of hydrogen-bond donors (Lipinski definition) is 1. The molecule has 7 rings (SSSR count). The molecule has 0 amide bonds. The number of aromatic hydroxyl groups is 1. The van der Waals surface area contributed by atoms with Gasteiger partial charge < -0.3 is 30.5 Å². The Labute approximate surface area is 378 Å². The second-order valence-electron chi connectivity index (χ2n) is 8.51. The summed E-state index contributed by atoms with van der Waals surface area (Å²) in [5.74, 6) is 1.54. The Morgan fingerprint density at radius 1 is 0.844 bits per heavy atom. The second kappa shape index (κ2) is 19.3. The maximum absolute atomic E-state index is 14.0. The molecule has 0 unspecified atom stereocenters. The fourth-order valence-electron chi connectivity index (χ4n) is 4.44. The standard InChI is InChI=1S/C14H8Br2FNO.C14H7Br2NO.CH3F.CH2O3.2K.H/c15-8-1-3-11(17)12(7-8)18-6-5-9-10(16)2-4-13(19)14(9)18;15-8-1-3-12-11(7-8)17-6-5-9-10(16)2-4-13(18-12)14(9)17;1-2;2-1-4-3;;;/h1-7,19H;1-7H;1H3;1,3H;;;/q;;;;2*+1;-1/p-1/i;;1D;;;;. The van der Waals surface area contributed by atoms with E-state index in [0.29, 0.717) is 11.2 Å². The number of rotatable bonds is 2. The van der Waals surface area contributed by atoms with E-state index < -0.39 is 7.15 Å². The third-order valence-electron chi connectivity index (χ3n) is 6.14. The maximum atomic E-state index is 14.0. The third-order valence-corrected chi connectivity index (χ3v) is 8.51. The monoisotopic (exact) mass is 921 g/mol. The van der Waals surface area contributed by atoms with Crippen LogP contribution in [0.25, 0.3) is 33.2 Å². The van der Waals surface area contributed by atoms with Crippen LogP contribution in [0.5, 0.6) is 17.2 Å². The molecule has 1 aliphatic heterocycles. The topological polar surface area (TPSA) is 88.7 Å². The molecule has 0 saturated heterocycles. The quantitative estimate of drug-likeness (QED) is 0.125. The van der Waals surface area contributed by atoms with Gasteiger partial charge in [-0.3, -0.25) is 9.18 Å². The van der Waals surface area contributed by atoms with Gasteiger partial charge in [0.1, 0.15) is 11.6 Å². The van der Waals surface area contributed by atoms with Gasteiger partial charge in [-0.2, -0.15) is 0 Å². The van der Waals surface area contributed by atoms with Crippen molar-refractivity contribution in [2.75, 3.05) is 7.15 Å². The summed E-state index contributed by atoms with van der Waals surface area (Å²) in [5.41, 5.74) is 3.13. The summed E-state index contributed by atoms with van der Waals surface area (Å²) in [7, 11) is -1.00. The van der Waals surface area contributed by atoms with Crippen molar-refractivity contribution in [3.8, 4) is 28.6 Å². The van der Waals surface area contributed by atoms with Crippen molar-refractivity contribution in [1.29, 1.82) is 0 Å². The number of carbonyl (C=O) groups excluding carboxylic acids is 1. The van der Waals surface area contributed by atoms with Crippen LogP contribution in [0, 0.1) is 5.82 Å². The average Bonchev–Trinajstić information content (AvgIpc) is 3.67. The van der Waals surface area contributed by atoms with Crippen molar-refractivity contribution < 1.29 is 139 Å². The first kappa shape index (κ1) is 39.5. The Bertz CT molecular complexity index is 1970. The predicted octanol–water partition coefficient (Wildman–Crippen LogP) is 3.40. The van der Waals surface area contributed by atoms with E-state index in [1.165, 1.54) is 6.07 Å². The number of nitrogens with zero attached hydrogens (tertiary/aromatic N) is 2. The van der Waals surface area contributed by atoms with Crippen LogP contribution in [0.4, 0.5) is 8.78 Å². The molecule has 0 spiro atoms. The molecule has 15 heteroatoms. The zero-order chi connectivity index (χ0) is 32.0. The predicted molar refractivity (Wildman–Crippen MR) is 174 cm³/mol. The molecular weight excluding hydrogens is 904 g/mol. The molecule has 7 nitrogen and oxygen atoms in total. The van der Waals surface area contributed by atoms with Crippen molar-refractivity contribution in [1.82, 2.24) is 9.13 Å². The number of alkyl halides is 1. The molecule has 1 aliphatic rings. The Balaban J connectivity index is 0.000000373. The number of ether oxygens (including phenoxy) is 1. The SMILES string of the molecule is Brc1ccc2c(c1)-n1ccc3c(Br)ccc(c31)O2.O=CO[O-].Oc1ccc(Br)c2ccn(-c3cc(Br)ccc3F)c12.[2H]CF.[H-].[K+].[K+]. The van der Waals surface area contributed by atoms with Crippen molar-refractivity contribution in [2.24, 2.45) is 0 Å². The van der Waals surface area contributed by atoms with Gasteiger partial charge >= 0.3 is 103 Å². The van der Waals surface area contributed by atoms with E-state index >= 15 is 0 Å². The second-order valence-corrected chi connectivity index (χ2v) is 12.1. The Hall–Kier alpha value is 0.0427. The van der Waals surface area contributed by atoms with Gasteiger partial charge in [-0.05, 0) is 72.8 Å². The van der Waals surface area contributed by atoms with Crippen LogP contribution in [0.1, 0.15) is 2.80 Å². The van der Waals surface area contributed by atoms with Gasteiger partial charge in [0.25, 0.3) is 6.47 Å². The van der Waals surface area contributed by atoms with Gasteiger partial charge in [-0.1, -0.05) is 63.7 Å². The van der Waals surface area contributed by atoms with Crippen LogP contribution < -0.4 is 113 Å². The Kier molecular flexibility index (Phi) is 16.9. The Morgan fingerprint density at radius 3 is 1.93 bits per heavy atom. The van der Waals surface area contributed by atoms with Crippen molar-refractivity contribution in [2.45, 2.75) is 0 Å². The molecule has 2 aromatic heterocycles. The third kappa shape index (κ3) is 9.39. The molecule has 45 heavy (non-hydrogen) atoms. The minimum Gasteiger partial charge on any atom is -1.00 e. The van der Waals surface area contributed by atoms with Crippen LogP contribution in [0.2, 0.25) is 0 Å². The molecule has 4 aromatic carbocycles. The number of halogens is 6. The molecule has 0 atom stereocenters. The summed E-state index contributed by atoms with van der Waals surface area (Å²) < 4.78 is 43.0. The van der Waals surface area contributed by atoms with Crippen LogP contribution in [0.3, 0.4) is 0 Å². The van der Waals surface area contributed by atoms with E-state index in [9.17, 15) is 13.9 Å². The van der Waals surface area contributed by atoms with Gasteiger partial charge in [-0.25, -0.2) is 4.39 Å². The van der Waals surface area contributed by atoms with Crippen molar-refractivity contribution in [3.05, 3.63) is 109 Å². The fourth-order valence-corrected chi connectivity index (χ4v) is 6.04. The molecule has 0 radical (unpaired) electrons. The van der Waals surface area contributed by atoms with E-state index in [-0.39, 0.29) is 122 Å². The molecule has 6 aromatic rings. The summed E-state index contributed by atoms with van der Waals surface area (Å²) in [4.78, 5) is 11.2. The summed E-state index contributed by atoms with van der Waals surface area (Å²) in [6, 6.07) is 22.0. The number of phenols is 1. The van der Waals surface area contributed by atoms with Crippen molar-refractivity contribution in [3.63, 3.8) is 0 Å². The van der Waals surface area contributed by atoms with E-state index in [1.54, 1.807) is 35.0 Å². The van der Waals surface area contributed by atoms with Crippen LogP contribution in [0.15, 0.2) is 103 Å². The minimum absolute atomic E-state index is 0. The number of hydrogen-bond acceptors (Lipinski definition) is 5. The van der Waals surface area contributed by atoms with Crippen LogP contribution >= 0.6 is 63.7 Å². The number of phenolic OH excluding ortho intramolecular Hbond substituents is 1. The van der Waals surface area contributed by atoms with Crippen LogP contribution in [-0.2, 0) is 9.68 Å². The normalized spacial score (nSPS) is 10.5. The molecule has 0 aliphatic carbocycles. The first-order valence-electron chi connectivity index (χ1n) is 12.6.